The van der Waals surface area contributed by atoms with Crippen LogP contribution in [-0.4, -0.2) is 28.6 Å². The molecule has 0 fully saturated rings. The largest absolute Gasteiger partial charge is 0.336 e. The third-order valence-electron chi connectivity index (χ3n) is 1.87. The van der Waals surface area contributed by atoms with Crippen LogP contribution in [-0.2, 0) is 0 Å². The van der Waals surface area contributed by atoms with Gasteiger partial charge in [-0.1, -0.05) is 0 Å². The molecule has 0 aromatic heterocycles. The van der Waals surface area contributed by atoms with Gasteiger partial charge in [0.1, 0.15) is 0 Å². The summed E-state index contributed by atoms with van der Waals surface area (Å²) in [7, 11) is 0. The van der Waals surface area contributed by atoms with Crippen molar-refractivity contribution in [1.82, 2.24) is 10.2 Å². The van der Waals surface area contributed by atoms with Crippen molar-refractivity contribution in [2.75, 3.05) is 0 Å². The van der Waals surface area contributed by atoms with E-state index < -0.39 is 0 Å². The lowest BCUT2D eigenvalue weighted by Gasteiger charge is -2.39. The first kappa shape index (κ1) is 13.3. The normalized spacial score (nSPS) is 12.1. The fraction of sp³-hybridized carbons (Fsp3) is 0.909. The zero-order valence-electron chi connectivity index (χ0n) is 10.5. The Morgan fingerprint density at radius 1 is 1.14 bits per heavy atom. The highest BCUT2D eigenvalue weighted by Gasteiger charge is 2.28. The maximum atomic E-state index is 11.9. The Hall–Kier alpha value is -0.730. The van der Waals surface area contributed by atoms with E-state index in [0.717, 1.165) is 0 Å². The predicted molar refractivity (Wildman–Crippen MR) is 60.4 cm³/mol. The number of hydrogen-bond donors (Lipinski definition) is 1. The second-order valence-corrected chi connectivity index (χ2v) is 5.24. The lowest BCUT2D eigenvalue weighted by Crippen LogP contribution is -2.54. The van der Waals surface area contributed by atoms with Gasteiger partial charge in [-0.15, -0.1) is 0 Å². The monoisotopic (exact) mass is 200 g/mol. The van der Waals surface area contributed by atoms with E-state index >= 15 is 0 Å². The molecule has 0 aliphatic rings. The average molecular weight is 200 g/mol. The van der Waals surface area contributed by atoms with Crippen LogP contribution in [0.3, 0.4) is 0 Å². The first-order valence-corrected chi connectivity index (χ1v) is 5.26. The summed E-state index contributed by atoms with van der Waals surface area (Å²) < 4.78 is 0. The number of nitrogens with one attached hydrogen (secondary N) is 1. The fourth-order valence-corrected chi connectivity index (χ4v) is 1.63. The van der Waals surface area contributed by atoms with Crippen molar-refractivity contribution >= 4 is 6.03 Å². The molecule has 0 aliphatic carbocycles. The lowest BCUT2D eigenvalue weighted by atomic mass is 10.0. The molecule has 0 aromatic rings. The second kappa shape index (κ2) is 4.67. The molecule has 2 amide bonds. The molecular weight excluding hydrogens is 176 g/mol. The van der Waals surface area contributed by atoms with E-state index in [1.165, 1.54) is 0 Å². The third-order valence-corrected chi connectivity index (χ3v) is 1.87. The van der Waals surface area contributed by atoms with E-state index in [-0.39, 0.29) is 23.7 Å². The summed E-state index contributed by atoms with van der Waals surface area (Å²) in [4.78, 5) is 13.7. The van der Waals surface area contributed by atoms with Crippen LogP contribution in [0.2, 0.25) is 0 Å². The van der Waals surface area contributed by atoms with Gasteiger partial charge in [-0.25, -0.2) is 4.79 Å². The summed E-state index contributed by atoms with van der Waals surface area (Å²) in [6, 6.07) is 0.419. The average Bonchev–Trinajstić information content (AvgIpc) is 1.78. The maximum Gasteiger partial charge on any atom is 0.318 e. The van der Waals surface area contributed by atoms with Crippen molar-refractivity contribution in [2.45, 2.75) is 66.1 Å². The minimum atomic E-state index is -0.132. The first-order chi connectivity index (χ1) is 6.16. The van der Waals surface area contributed by atoms with Crippen LogP contribution in [0, 0.1) is 0 Å². The van der Waals surface area contributed by atoms with Crippen LogP contribution >= 0.6 is 0 Å². The molecule has 1 N–H and O–H groups in total. The molecule has 0 rings (SSSR count). The Kier molecular flexibility index (Phi) is 4.43. The van der Waals surface area contributed by atoms with E-state index in [2.05, 4.69) is 5.32 Å². The summed E-state index contributed by atoms with van der Waals surface area (Å²) in [6.45, 7) is 14.2. The summed E-state index contributed by atoms with van der Waals surface area (Å²) in [5, 5.41) is 2.92. The Labute approximate surface area is 87.9 Å². The predicted octanol–water partition coefficient (Wildman–Crippen LogP) is 2.61. The van der Waals surface area contributed by atoms with E-state index in [9.17, 15) is 4.79 Å². The number of rotatable bonds is 2. The Bertz CT molecular complexity index is 192. The number of carbonyl (C=O) groups is 1. The molecule has 0 bridgehead atoms. The van der Waals surface area contributed by atoms with Crippen molar-refractivity contribution in [3.05, 3.63) is 0 Å². The highest BCUT2D eigenvalue weighted by atomic mass is 16.2. The number of nitrogens with zero attached hydrogens (tertiary/aromatic N) is 1. The van der Waals surface area contributed by atoms with Crippen LogP contribution in [0.4, 0.5) is 4.79 Å². The topological polar surface area (TPSA) is 32.3 Å². The minimum Gasteiger partial charge on any atom is -0.336 e. The van der Waals surface area contributed by atoms with Crippen molar-refractivity contribution in [1.29, 1.82) is 0 Å². The summed E-state index contributed by atoms with van der Waals surface area (Å²) in [5.41, 5.74) is -0.132. The molecule has 0 radical (unpaired) electrons. The Morgan fingerprint density at radius 3 is 1.79 bits per heavy atom. The standard InChI is InChI=1S/C11H24N2O/c1-8(2)12-10(14)13(9(3)4)11(5,6)7/h8-9H,1-7H3,(H,12,14). The highest BCUT2D eigenvalue weighted by Crippen LogP contribution is 2.16. The van der Waals surface area contributed by atoms with Crippen molar-refractivity contribution < 1.29 is 4.79 Å². The Morgan fingerprint density at radius 2 is 1.57 bits per heavy atom. The molecule has 84 valence electrons. The van der Waals surface area contributed by atoms with Crippen LogP contribution in [0.25, 0.3) is 0 Å². The van der Waals surface area contributed by atoms with Crippen LogP contribution < -0.4 is 5.32 Å². The zero-order valence-corrected chi connectivity index (χ0v) is 10.5. The van der Waals surface area contributed by atoms with Gasteiger partial charge in [-0.3, -0.25) is 0 Å². The summed E-state index contributed by atoms with van der Waals surface area (Å²) >= 11 is 0. The zero-order chi connectivity index (χ0) is 11.5. The molecule has 3 nitrogen and oxygen atoms in total. The van der Waals surface area contributed by atoms with Gasteiger partial charge in [-0.05, 0) is 48.5 Å². The van der Waals surface area contributed by atoms with Crippen LogP contribution in [0.5, 0.6) is 0 Å². The third kappa shape index (κ3) is 3.99. The minimum absolute atomic E-state index is 0.0162. The number of carbonyl (C=O) groups excluding carboxylic acids is 1. The van der Waals surface area contributed by atoms with Crippen molar-refractivity contribution in [2.24, 2.45) is 0 Å². The molecule has 0 saturated carbocycles. The fourth-order valence-electron chi connectivity index (χ4n) is 1.63. The summed E-state index contributed by atoms with van der Waals surface area (Å²) in [6.07, 6.45) is 0. The number of hydrogen-bond acceptors (Lipinski definition) is 1. The molecule has 0 aromatic carbocycles. The quantitative estimate of drug-likeness (QED) is 0.730. The van der Waals surface area contributed by atoms with Gasteiger partial charge in [0.15, 0.2) is 0 Å². The van der Waals surface area contributed by atoms with Crippen LogP contribution in [0.1, 0.15) is 48.5 Å². The molecule has 0 spiro atoms. The van der Waals surface area contributed by atoms with E-state index in [1.807, 2.05) is 53.4 Å². The SMILES string of the molecule is CC(C)NC(=O)N(C(C)C)C(C)(C)C. The van der Waals surface area contributed by atoms with Gasteiger partial charge in [-0.2, -0.15) is 0 Å². The van der Waals surface area contributed by atoms with Gasteiger partial charge in [0, 0.05) is 17.6 Å². The van der Waals surface area contributed by atoms with E-state index in [1.54, 1.807) is 0 Å². The molecule has 0 unspecified atom stereocenters. The number of urea groups is 1. The first-order valence-electron chi connectivity index (χ1n) is 5.26. The smallest absolute Gasteiger partial charge is 0.318 e. The molecule has 0 aliphatic heterocycles. The summed E-state index contributed by atoms with van der Waals surface area (Å²) in [5.74, 6) is 0. The number of amides is 2. The lowest BCUT2D eigenvalue weighted by molar-refractivity contribution is 0.119. The molecule has 0 atom stereocenters. The van der Waals surface area contributed by atoms with Gasteiger partial charge < -0.3 is 10.2 Å². The molecular formula is C11H24N2O. The maximum absolute atomic E-state index is 11.9. The van der Waals surface area contributed by atoms with Gasteiger partial charge in [0.25, 0.3) is 0 Å². The highest BCUT2D eigenvalue weighted by molar-refractivity contribution is 5.75. The molecule has 0 saturated heterocycles. The van der Waals surface area contributed by atoms with E-state index in [4.69, 9.17) is 0 Å². The second-order valence-electron chi connectivity index (χ2n) is 5.24. The Balaban J connectivity index is 4.60. The molecule has 0 heterocycles. The molecule has 14 heavy (non-hydrogen) atoms. The van der Waals surface area contributed by atoms with Gasteiger partial charge in [0.2, 0.25) is 0 Å². The van der Waals surface area contributed by atoms with Crippen LogP contribution in [0.15, 0.2) is 0 Å². The molecule has 3 heteroatoms. The van der Waals surface area contributed by atoms with Crippen molar-refractivity contribution in [3.63, 3.8) is 0 Å². The van der Waals surface area contributed by atoms with E-state index in [0.29, 0.717) is 0 Å². The van der Waals surface area contributed by atoms with Gasteiger partial charge in [0.05, 0.1) is 0 Å². The van der Waals surface area contributed by atoms with Gasteiger partial charge >= 0.3 is 6.03 Å². The van der Waals surface area contributed by atoms with Crippen molar-refractivity contribution in [3.8, 4) is 0 Å².